The van der Waals surface area contributed by atoms with Crippen LogP contribution in [0.25, 0.3) is 16.2 Å². The number of hydrogen-bond donors (Lipinski definition) is 1. The van der Waals surface area contributed by atoms with Gasteiger partial charge < -0.3 is 10.0 Å². The van der Waals surface area contributed by atoms with Gasteiger partial charge in [-0.05, 0) is 12.1 Å². The summed E-state index contributed by atoms with van der Waals surface area (Å²) in [6.45, 7) is 0.570. The molecule has 0 aromatic carbocycles. The van der Waals surface area contributed by atoms with Gasteiger partial charge in [0.05, 0.1) is 18.5 Å². The zero-order valence-electron chi connectivity index (χ0n) is 12.2. The van der Waals surface area contributed by atoms with Gasteiger partial charge in [-0.25, -0.2) is 14.8 Å². The smallest absolute Gasteiger partial charge is 0.341 e. The number of aromatic carboxylic acids is 1. The predicted octanol–water partition coefficient (Wildman–Crippen LogP) is 0.929. The average molecular weight is 342 g/mol. The Morgan fingerprint density at radius 1 is 1.25 bits per heavy atom. The van der Waals surface area contributed by atoms with Gasteiger partial charge in [-0.1, -0.05) is 0 Å². The summed E-state index contributed by atoms with van der Waals surface area (Å²) in [6, 6.07) is 3.16. The normalized spacial score (nSPS) is 14.0. The van der Waals surface area contributed by atoms with E-state index < -0.39 is 11.4 Å². The van der Waals surface area contributed by atoms with Crippen molar-refractivity contribution in [2.24, 2.45) is 0 Å². The van der Waals surface area contributed by atoms with Gasteiger partial charge >= 0.3 is 5.97 Å². The van der Waals surface area contributed by atoms with Crippen molar-refractivity contribution in [2.75, 3.05) is 18.0 Å². The lowest BCUT2D eigenvalue weighted by Gasteiger charge is -2.30. The third-order valence-electron chi connectivity index (χ3n) is 3.75. The molecule has 1 aliphatic rings. The quantitative estimate of drug-likeness (QED) is 0.755. The van der Waals surface area contributed by atoms with Crippen molar-refractivity contribution in [3.8, 4) is 5.13 Å². The van der Waals surface area contributed by atoms with Crippen molar-refractivity contribution in [1.29, 1.82) is 0 Å². The van der Waals surface area contributed by atoms with Crippen molar-refractivity contribution < 1.29 is 14.7 Å². The Hall–Kier alpha value is -3.07. The Bertz CT molecular complexity index is 1030. The number of Topliss-reactive ketones (excluding diaryl/α,β-unsaturated/α-hetero) is 1. The summed E-state index contributed by atoms with van der Waals surface area (Å²) in [5.41, 5.74) is -0.618. The highest BCUT2D eigenvalue weighted by Crippen LogP contribution is 2.23. The average Bonchev–Trinajstić information content (AvgIpc) is 3.06. The molecule has 1 fully saturated rings. The number of fused-ring (bicyclic) bond motifs is 1. The number of hydrogen-bond acceptors (Lipinski definition) is 7. The van der Waals surface area contributed by atoms with Gasteiger partial charge in [0.2, 0.25) is 5.43 Å². The number of ketones is 1. The van der Waals surface area contributed by atoms with Crippen molar-refractivity contribution >= 4 is 39.9 Å². The van der Waals surface area contributed by atoms with Crippen LogP contribution in [0.4, 0.5) is 5.82 Å². The highest BCUT2D eigenvalue weighted by molar-refractivity contribution is 7.12. The molecule has 0 amide bonds. The lowest BCUT2D eigenvalue weighted by atomic mass is 10.1. The zero-order chi connectivity index (χ0) is 16.8. The fraction of sp³-hybridized carbons (Fsp3) is 0.133. The number of nitrogens with zero attached hydrogens (tertiary/aromatic N) is 4. The van der Waals surface area contributed by atoms with E-state index in [1.807, 2.05) is 0 Å². The Kier molecular flexibility index (Phi) is 3.17. The van der Waals surface area contributed by atoms with Crippen molar-refractivity contribution in [3.05, 3.63) is 45.7 Å². The summed E-state index contributed by atoms with van der Waals surface area (Å²) >= 11 is 1.30. The van der Waals surface area contributed by atoms with Crippen LogP contribution in [0.1, 0.15) is 10.4 Å². The first kappa shape index (κ1) is 14.5. The van der Waals surface area contributed by atoms with Crippen LogP contribution in [0.5, 0.6) is 0 Å². The Morgan fingerprint density at radius 3 is 2.67 bits per heavy atom. The van der Waals surface area contributed by atoms with Gasteiger partial charge in [0, 0.05) is 17.8 Å². The maximum Gasteiger partial charge on any atom is 0.341 e. The van der Waals surface area contributed by atoms with E-state index in [4.69, 9.17) is 0 Å². The topological polar surface area (TPSA) is 105 Å². The molecule has 0 bridgehead atoms. The van der Waals surface area contributed by atoms with Crippen LogP contribution in [0, 0.1) is 0 Å². The summed E-state index contributed by atoms with van der Waals surface area (Å²) in [4.78, 5) is 45.3. The van der Waals surface area contributed by atoms with Crippen LogP contribution in [-0.4, -0.2) is 44.5 Å². The molecule has 9 heteroatoms. The maximum absolute atomic E-state index is 12.4. The van der Waals surface area contributed by atoms with Crippen molar-refractivity contribution in [1.82, 2.24) is 14.5 Å². The lowest BCUT2D eigenvalue weighted by Crippen LogP contribution is -2.47. The molecule has 120 valence electrons. The highest BCUT2D eigenvalue weighted by Gasteiger charge is 2.26. The third-order valence-corrected chi connectivity index (χ3v) is 4.52. The maximum atomic E-state index is 12.4. The summed E-state index contributed by atoms with van der Waals surface area (Å²) in [6.07, 6.45) is 2.83. The molecule has 3 aromatic rings. The Labute approximate surface area is 138 Å². The fourth-order valence-corrected chi connectivity index (χ4v) is 3.16. The number of pyridine rings is 2. The number of thiazole rings is 1. The van der Waals surface area contributed by atoms with E-state index in [1.165, 1.54) is 22.1 Å². The van der Waals surface area contributed by atoms with E-state index in [1.54, 1.807) is 28.6 Å². The third kappa shape index (κ3) is 2.17. The first-order chi connectivity index (χ1) is 11.5. The highest BCUT2D eigenvalue weighted by atomic mass is 32.1. The minimum absolute atomic E-state index is 0.121. The summed E-state index contributed by atoms with van der Waals surface area (Å²) in [7, 11) is 0. The minimum atomic E-state index is -1.30. The number of aromatic nitrogens is 3. The second-order valence-electron chi connectivity index (χ2n) is 5.30. The van der Waals surface area contributed by atoms with Crippen LogP contribution >= 0.6 is 11.3 Å². The second kappa shape index (κ2) is 5.24. The van der Waals surface area contributed by atoms with E-state index in [0.29, 0.717) is 16.6 Å². The molecular weight excluding hydrogens is 332 g/mol. The first-order valence-electron chi connectivity index (χ1n) is 7.01. The molecule has 0 saturated carbocycles. The second-order valence-corrected chi connectivity index (χ2v) is 6.17. The van der Waals surface area contributed by atoms with Gasteiger partial charge in [0.1, 0.15) is 11.4 Å². The monoisotopic (exact) mass is 342 g/mol. The molecule has 1 saturated heterocycles. The Balaban J connectivity index is 2.00. The van der Waals surface area contributed by atoms with Crippen LogP contribution < -0.4 is 10.3 Å². The first-order valence-corrected chi connectivity index (χ1v) is 7.89. The van der Waals surface area contributed by atoms with E-state index in [0.717, 1.165) is 0 Å². The fourth-order valence-electron chi connectivity index (χ4n) is 2.54. The summed E-state index contributed by atoms with van der Waals surface area (Å²) in [5.74, 6) is -0.616. The standard InChI is InChI=1S/C15H10N4O4S/c20-8-5-18(6-8)11-2-1-9-12(21)10(14(22)23)7-19(13(9)17-11)15-16-3-4-24-15/h1-4,7H,5-6H2,(H,22,23). The van der Waals surface area contributed by atoms with Gasteiger partial charge in [0.15, 0.2) is 16.6 Å². The number of carboxylic acids is 1. The van der Waals surface area contributed by atoms with E-state index >= 15 is 0 Å². The number of carbonyl (C=O) groups is 2. The van der Waals surface area contributed by atoms with Crippen molar-refractivity contribution in [3.63, 3.8) is 0 Å². The SMILES string of the molecule is O=C1CN(c2ccc3c(=O)c(C(=O)O)cn(-c4nccs4)c3n2)C1. The summed E-state index contributed by atoms with van der Waals surface area (Å²) in [5, 5.41) is 11.7. The number of anilines is 1. The molecule has 4 rings (SSSR count). The number of rotatable bonds is 3. The van der Waals surface area contributed by atoms with E-state index in [2.05, 4.69) is 9.97 Å². The van der Waals surface area contributed by atoms with Crippen molar-refractivity contribution in [2.45, 2.75) is 0 Å². The molecule has 1 aliphatic heterocycles. The molecule has 0 radical (unpaired) electrons. The molecule has 1 N–H and O–H groups in total. The molecule has 0 atom stereocenters. The van der Waals surface area contributed by atoms with E-state index in [9.17, 15) is 19.5 Å². The molecule has 0 spiro atoms. The largest absolute Gasteiger partial charge is 0.477 e. The van der Waals surface area contributed by atoms with Crippen LogP contribution in [-0.2, 0) is 4.79 Å². The summed E-state index contributed by atoms with van der Waals surface area (Å²) < 4.78 is 1.50. The molecule has 0 aliphatic carbocycles. The molecule has 24 heavy (non-hydrogen) atoms. The molecule has 0 unspecified atom stereocenters. The molecule has 4 heterocycles. The van der Waals surface area contributed by atoms with Crippen LogP contribution in [0.3, 0.4) is 0 Å². The van der Waals surface area contributed by atoms with Crippen LogP contribution in [0.2, 0.25) is 0 Å². The van der Waals surface area contributed by atoms with Gasteiger partial charge in [-0.15, -0.1) is 11.3 Å². The molecule has 3 aromatic heterocycles. The van der Waals surface area contributed by atoms with Crippen LogP contribution in [0.15, 0.2) is 34.7 Å². The predicted molar refractivity (Wildman–Crippen MR) is 87.2 cm³/mol. The number of carbonyl (C=O) groups excluding carboxylic acids is 1. The Morgan fingerprint density at radius 2 is 2.04 bits per heavy atom. The van der Waals surface area contributed by atoms with E-state index in [-0.39, 0.29) is 29.8 Å². The minimum Gasteiger partial charge on any atom is -0.477 e. The van der Waals surface area contributed by atoms with Gasteiger partial charge in [0.25, 0.3) is 0 Å². The molecular formula is C15H10N4O4S. The molecule has 8 nitrogen and oxygen atoms in total. The zero-order valence-corrected chi connectivity index (χ0v) is 13.0. The lowest BCUT2D eigenvalue weighted by molar-refractivity contribution is -0.119. The number of carboxylic acid groups (broad SMARTS) is 1. The van der Waals surface area contributed by atoms with Gasteiger partial charge in [-0.2, -0.15) is 0 Å². The van der Waals surface area contributed by atoms with Gasteiger partial charge in [-0.3, -0.25) is 14.2 Å².